The van der Waals surface area contributed by atoms with Crippen LogP contribution in [-0.4, -0.2) is 36.1 Å². The number of phenolic OH excluding ortho intramolecular Hbond substituents is 1. The van der Waals surface area contributed by atoms with Crippen molar-refractivity contribution in [2.75, 3.05) is 18.1 Å². The number of hydrogen-bond donors (Lipinski definition) is 1. The van der Waals surface area contributed by atoms with E-state index in [0.717, 1.165) is 22.5 Å². The van der Waals surface area contributed by atoms with Gasteiger partial charge in [-0.2, -0.15) is 0 Å². The van der Waals surface area contributed by atoms with Crippen LogP contribution in [-0.2, 0) is 0 Å². The highest BCUT2D eigenvalue weighted by Crippen LogP contribution is 2.32. The molecule has 0 aliphatic carbocycles. The molecule has 0 amide bonds. The van der Waals surface area contributed by atoms with Crippen molar-refractivity contribution in [2.45, 2.75) is 0 Å². The number of phenols is 1. The highest BCUT2D eigenvalue weighted by Gasteiger charge is 2.23. The summed E-state index contributed by atoms with van der Waals surface area (Å²) in [5.41, 5.74) is 2.53. The summed E-state index contributed by atoms with van der Waals surface area (Å²) in [4.78, 5) is 6.85. The van der Waals surface area contributed by atoms with Crippen molar-refractivity contribution in [1.29, 1.82) is 0 Å². The highest BCUT2D eigenvalue weighted by atomic mass is 79.9. The lowest BCUT2D eigenvalue weighted by Crippen LogP contribution is -2.37. The topological polar surface area (TPSA) is 45.6 Å². The molecule has 0 bridgehead atoms. The molecule has 0 fully saturated rings. The maximum Gasteiger partial charge on any atom is 0.146 e. The average Bonchev–Trinajstić information content (AvgIpc) is 2.51. The number of fused-ring (bicyclic) bond motifs is 1. The predicted molar refractivity (Wildman–Crippen MR) is 92.8 cm³/mol. The fourth-order valence-electron chi connectivity index (χ4n) is 2.29. The van der Waals surface area contributed by atoms with Crippen molar-refractivity contribution < 1.29 is 9.84 Å². The van der Waals surface area contributed by atoms with Crippen LogP contribution in [0.5, 0.6) is 11.5 Å². The monoisotopic (exact) mass is 362 g/mol. The Morgan fingerprint density at radius 1 is 1.48 bits per heavy atom. The minimum atomic E-state index is 0.241. The maximum absolute atomic E-state index is 9.85. The summed E-state index contributed by atoms with van der Waals surface area (Å²) in [5.74, 6) is 1.03. The molecule has 3 rings (SSSR count). The van der Waals surface area contributed by atoms with Gasteiger partial charge >= 0.3 is 0 Å². The molecule has 1 aliphatic rings. The molecule has 1 aromatic heterocycles. The summed E-state index contributed by atoms with van der Waals surface area (Å²) in [6.07, 6.45) is 3.45. The Labute approximate surface area is 137 Å². The lowest BCUT2D eigenvalue weighted by molar-refractivity contribution is 0.315. The first-order valence-corrected chi connectivity index (χ1v) is 7.66. The minimum Gasteiger partial charge on any atom is -0.507 e. The zero-order valence-electron chi connectivity index (χ0n) is 11.3. The first kappa shape index (κ1) is 14.3. The van der Waals surface area contributed by atoms with Gasteiger partial charge in [0.25, 0.3) is 0 Å². The second kappa shape index (κ2) is 5.65. The van der Waals surface area contributed by atoms with Crippen molar-refractivity contribution in [3.63, 3.8) is 0 Å². The number of benzene rings is 1. The van der Waals surface area contributed by atoms with Gasteiger partial charge < -0.3 is 14.7 Å². The van der Waals surface area contributed by atoms with Crippen LogP contribution < -0.4 is 15.1 Å². The largest absolute Gasteiger partial charge is 0.507 e. The number of aromatic hydroxyl groups is 1. The zero-order valence-corrected chi connectivity index (χ0v) is 13.7. The van der Waals surface area contributed by atoms with E-state index in [9.17, 15) is 5.11 Å². The number of hydrogen-bond acceptors (Lipinski definition) is 4. The van der Waals surface area contributed by atoms with Gasteiger partial charge in [0, 0.05) is 17.8 Å². The van der Waals surface area contributed by atoms with Crippen LogP contribution in [0.25, 0.3) is 0 Å². The first-order valence-electron chi connectivity index (χ1n) is 6.45. The van der Waals surface area contributed by atoms with E-state index in [4.69, 9.17) is 17.0 Å². The fourth-order valence-corrected chi connectivity index (χ4v) is 3.16. The Kier molecular flexibility index (Phi) is 3.86. The zero-order chi connectivity index (χ0) is 15.0. The van der Waals surface area contributed by atoms with Crippen molar-refractivity contribution in [3.05, 3.63) is 40.6 Å². The van der Waals surface area contributed by atoms with E-state index in [1.54, 1.807) is 12.4 Å². The summed E-state index contributed by atoms with van der Waals surface area (Å²) in [7, 11) is 1.85. The molecule has 0 spiro atoms. The smallest absolute Gasteiger partial charge is 0.146 e. The fraction of sp³-hybridized carbons (Fsp3) is 0.143. The standard InChI is InChI=1S/C14H12BBrN2O2S/c15-9-5-8(6-10(16)13(9)19)14(21)18-3-4-20-12-1-2-17-7-11(12)18/h1-2,5-7,19H,3-4,15H2. The molecule has 0 unspecified atom stereocenters. The summed E-state index contributed by atoms with van der Waals surface area (Å²) in [6.45, 7) is 1.25. The molecule has 0 radical (unpaired) electrons. The van der Waals surface area contributed by atoms with Crippen LogP contribution in [0, 0.1) is 0 Å². The summed E-state index contributed by atoms with van der Waals surface area (Å²) < 4.78 is 6.25. The molecule has 2 heterocycles. The molecule has 0 atom stereocenters. The molecule has 0 saturated carbocycles. The number of halogens is 1. The summed E-state index contributed by atoms with van der Waals surface area (Å²) >= 11 is 8.98. The highest BCUT2D eigenvalue weighted by molar-refractivity contribution is 9.10. The van der Waals surface area contributed by atoms with Gasteiger partial charge in [-0.25, -0.2) is 0 Å². The van der Waals surface area contributed by atoms with E-state index < -0.39 is 0 Å². The first-order chi connectivity index (χ1) is 10.1. The Hall–Kier alpha value is -1.60. The molecule has 4 nitrogen and oxygen atoms in total. The number of ether oxygens (including phenoxy) is 1. The third kappa shape index (κ3) is 2.63. The van der Waals surface area contributed by atoms with Gasteiger partial charge in [-0.1, -0.05) is 18.3 Å². The number of aromatic nitrogens is 1. The van der Waals surface area contributed by atoms with E-state index in [1.807, 2.05) is 30.9 Å². The maximum atomic E-state index is 9.85. The number of anilines is 1. The molecule has 21 heavy (non-hydrogen) atoms. The molecule has 106 valence electrons. The van der Waals surface area contributed by atoms with Crippen LogP contribution in [0.4, 0.5) is 5.69 Å². The second-order valence-corrected chi connectivity index (χ2v) is 6.01. The van der Waals surface area contributed by atoms with Gasteiger partial charge in [0.2, 0.25) is 0 Å². The van der Waals surface area contributed by atoms with Crippen molar-refractivity contribution in [1.82, 2.24) is 4.98 Å². The average molecular weight is 363 g/mol. The number of pyridine rings is 1. The molecular formula is C14H12BBrN2O2S. The van der Waals surface area contributed by atoms with Gasteiger partial charge in [-0.05, 0) is 27.5 Å². The van der Waals surface area contributed by atoms with E-state index >= 15 is 0 Å². The molecule has 2 aromatic rings. The Bertz CT molecular complexity index is 703. The third-order valence-corrected chi connectivity index (χ3v) is 4.43. The summed E-state index contributed by atoms with van der Waals surface area (Å²) in [6, 6.07) is 5.55. The van der Waals surface area contributed by atoms with Crippen molar-refractivity contribution in [3.8, 4) is 11.5 Å². The van der Waals surface area contributed by atoms with Crippen LogP contribution in [0.3, 0.4) is 0 Å². The van der Waals surface area contributed by atoms with Gasteiger partial charge in [0.15, 0.2) is 0 Å². The molecular weight excluding hydrogens is 351 g/mol. The van der Waals surface area contributed by atoms with E-state index in [0.29, 0.717) is 22.6 Å². The second-order valence-electron chi connectivity index (χ2n) is 4.77. The lowest BCUT2D eigenvalue weighted by atomic mass is 9.93. The molecule has 1 aromatic carbocycles. The lowest BCUT2D eigenvalue weighted by Gasteiger charge is -2.31. The minimum absolute atomic E-state index is 0.241. The van der Waals surface area contributed by atoms with Gasteiger partial charge in [-0.3, -0.25) is 4.98 Å². The normalized spacial score (nSPS) is 13.5. The molecule has 1 N–H and O–H groups in total. The molecule has 0 saturated heterocycles. The Morgan fingerprint density at radius 2 is 2.29 bits per heavy atom. The van der Waals surface area contributed by atoms with Crippen LogP contribution in [0.1, 0.15) is 5.56 Å². The van der Waals surface area contributed by atoms with Gasteiger partial charge in [0.1, 0.15) is 36.6 Å². The third-order valence-electron chi connectivity index (χ3n) is 3.37. The van der Waals surface area contributed by atoms with Crippen LogP contribution in [0.2, 0.25) is 0 Å². The van der Waals surface area contributed by atoms with E-state index in [-0.39, 0.29) is 5.75 Å². The molecule has 1 aliphatic heterocycles. The van der Waals surface area contributed by atoms with Crippen LogP contribution in [0.15, 0.2) is 35.1 Å². The quantitative estimate of drug-likeness (QED) is 0.613. The van der Waals surface area contributed by atoms with Gasteiger partial charge in [-0.15, -0.1) is 0 Å². The number of thiocarbonyl (C=S) groups is 1. The summed E-state index contributed by atoms with van der Waals surface area (Å²) in [5, 5.41) is 9.85. The van der Waals surface area contributed by atoms with Gasteiger partial charge in [0.05, 0.1) is 17.2 Å². The van der Waals surface area contributed by atoms with E-state index in [2.05, 4.69) is 20.9 Å². The SMILES string of the molecule is Bc1cc(C(=S)N2CCOc3ccncc32)cc(Br)c1O. The molecule has 7 heteroatoms. The van der Waals surface area contributed by atoms with E-state index in [1.165, 1.54) is 0 Å². The van der Waals surface area contributed by atoms with Crippen molar-refractivity contribution >= 4 is 52.1 Å². The van der Waals surface area contributed by atoms with Crippen LogP contribution >= 0.6 is 28.1 Å². The van der Waals surface area contributed by atoms with Crippen molar-refractivity contribution in [2.24, 2.45) is 0 Å². The predicted octanol–water partition coefficient (Wildman–Crippen LogP) is 1.38. The Balaban J connectivity index is 2.00. The number of nitrogens with zero attached hydrogens (tertiary/aromatic N) is 2. The number of rotatable bonds is 1. The Morgan fingerprint density at radius 3 is 3.05 bits per heavy atom.